The average molecular weight is 229 g/mol. The van der Waals surface area contributed by atoms with Gasteiger partial charge in [0.15, 0.2) is 0 Å². The first kappa shape index (κ1) is 13.4. The van der Waals surface area contributed by atoms with Gasteiger partial charge in [-0.1, -0.05) is 27.7 Å². The standard InChI is InChI=1S/C13H27NS/c1-6-13(7-8-13)10-14-11(2)9-15-12(3,4)5/h11,14H,6-10H2,1-5H3. The Labute approximate surface area is 99.8 Å². The van der Waals surface area contributed by atoms with Crippen molar-refractivity contribution in [1.29, 1.82) is 0 Å². The van der Waals surface area contributed by atoms with Crippen LogP contribution in [0.4, 0.5) is 0 Å². The van der Waals surface area contributed by atoms with Crippen LogP contribution >= 0.6 is 11.8 Å². The fraction of sp³-hybridized carbons (Fsp3) is 1.00. The van der Waals surface area contributed by atoms with E-state index in [1.165, 1.54) is 31.6 Å². The predicted octanol–water partition coefficient (Wildman–Crippen LogP) is 3.69. The highest BCUT2D eigenvalue weighted by molar-refractivity contribution is 8.00. The minimum atomic E-state index is 0.401. The molecule has 0 saturated heterocycles. The molecule has 0 aliphatic heterocycles. The van der Waals surface area contributed by atoms with E-state index in [1.54, 1.807) is 0 Å². The summed E-state index contributed by atoms with van der Waals surface area (Å²) in [5, 5.41) is 3.69. The molecule has 1 atom stereocenters. The van der Waals surface area contributed by atoms with E-state index in [1.807, 2.05) is 0 Å². The van der Waals surface area contributed by atoms with Gasteiger partial charge in [0.2, 0.25) is 0 Å². The quantitative estimate of drug-likeness (QED) is 0.745. The van der Waals surface area contributed by atoms with Gasteiger partial charge in [0, 0.05) is 23.1 Å². The van der Waals surface area contributed by atoms with Crippen LogP contribution in [-0.4, -0.2) is 23.1 Å². The molecule has 1 unspecified atom stereocenters. The van der Waals surface area contributed by atoms with Crippen molar-refractivity contribution >= 4 is 11.8 Å². The molecule has 15 heavy (non-hydrogen) atoms. The molecule has 0 aromatic heterocycles. The Morgan fingerprint density at radius 2 is 1.93 bits per heavy atom. The van der Waals surface area contributed by atoms with Crippen LogP contribution < -0.4 is 5.32 Å². The summed E-state index contributed by atoms with van der Waals surface area (Å²) in [5.74, 6) is 1.23. The lowest BCUT2D eigenvalue weighted by Gasteiger charge is -2.23. The van der Waals surface area contributed by atoms with E-state index < -0.39 is 0 Å². The van der Waals surface area contributed by atoms with E-state index in [0.717, 1.165) is 0 Å². The molecule has 0 amide bonds. The Bertz CT molecular complexity index is 191. The van der Waals surface area contributed by atoms with E-state index >= 15 is 0 Å². The van der Waals surface area contributed by atoms with Crippen molar-refractivity contribution in [3.8, 4) is 0 Å². The van der Waals surface area contributed by atoms with Gasteiger partial charge >= 0.3 is 0 Å². The van der Waals surface area contributed by atoms with Crippen LogP contribution in [0.25, 0.3) is 0 Å². The Balaban J connectivity index is 2.11. The van der Waals surface area contributed by atoms with Crippen LogP contribution in [0.2, 0.25) is 0 Å². The van der Waals surface area contributed by atoms with E-state index in [4.69, 9.17) is 0 Å². The molecule has 90 valence electrons. The zero-order chi connectivity index (χ0) is 11.5. The summed E-state index contributed by atoms with van der Waals surface area (Å²) in [7, 11) is 0. The molecular weight excluding hydrogens is 202 g/mol. The number of nitrogens with one attached hydrogen (secondary N) is 1. The second kappa shape index (κ2) is 5.09. The number of thioether (sulfide) groups is 1. The zero-order valence-electron chi connectivity index (χ0n) is 11.0. The number of hydrogen-bond acceptors (Lipinski definition) is 2. The first-order valence-corrected chi connectivity index (χ1v) is 7.23. The van der Waals surface area contributed by atoms with Gasteiger partial charge in [0.1, 0.15) is 0 Å². The number of rotatable bonds is 6. The molecule has 0 radical (unpaired) electrons. The Morgan fingerprint density at radius 3 is 2.33 bits per heavy atom. The van der Waals surface area contributed by atoms with Crippen LogP contribution in [0.3, 0.4) is 0 Å². The van der Waals surface area contributed by atoms with Crippen LogP contribution in [0.5, 0.6) is 0 Å². The topological polar surface area (TPSA) is 12.0 Å². The summed E-state index contributed by atoms with van der Waals surface area (Å²) in [6.07, 6.45) is 4.23. The molecule has 0 aromatic carbocycles. The summed E-state index contributed by atoms with van der Waals surface area (Å²) in [5.41, 5.74) is 0.681. The summed E-state index contributed by atoms with van der Waals surface area (Å²) in [4.78, 5) is 0. The van der Waals surface area contributed by atoms with E-state index in [9.17, 15) is 0 Å². The van der Waals surface area contributed by atoms with Crippen molar-refractivity contribution in [3.63, 3.8) is 0 Å². The molecule has 0 spiro atoms. The minimum Gasteiger partial charge on any atom is -0.313 e. The number of hydrogen-bond donors (Lipinski definition) is 1. The van der Waals surface area contributed by atoms with Crippen molar-refractivity contribution in [2.45, 2.75) is 64.7 Å². The van der Waals surface area contributed by atoms with Gasteiger partial charge in [-0.2, -0.15) is 11.8 Å². The maximum atomic E-state index is 3.69. The summed E-state index contributed by atoms with van der Waals surface area (Å²) in [6.45, 7) is 12.7. The second-order valence-electron chi connectivity index (χ2n) is 6.06. The molecular formula is C13H27NS. The maximum absolute atomic E-state index is 3.69. The van der Waals surface area contributed by atoms with Crippen LogP contribution in [0.1, 0.15) is 53.9 Å². The molecule has 1 fully saturated rings. The molecule has 0 bridgehead atoms. The molecule has 1 N–H and O–H groups in total. The van der Waals surface area contributed by atoms with Crippen molar-refractivity contribution in [3.05, 3.63) is 0 Å². The van der Waals surface area contributed by atoms with Gasteiger partial charge in [-0.15, -0.1) is 0 Å². The molecule has 0 heterocycles. The lowest BCUT2D eigenvalue weighted by Crippen LogP contribution is -2.34. The van der Waals surface area contributed by atoms with Crippen LogP contribution in [0.15, 0.2) is 0 Å². The van der Waals surface area contributed by atoms with Crippen LogP contribution in [-0.2, 0) is 0 Å². The highest BCUT2D eigenvalue weighted by atomic mass is 32.2. The Hall–Kier alpha value is 0.310. The molecule has 1 aliphatic carbocycles. The Kier molecular flexibility index (Phi) is 4.54. The SMILES string of the molecule is CCC1(CNC(C)CSC(C)(C)C)CC1. The molecule has 0 aromatic rings. The third-order valence-electron chi connectivity index (χ3n) is 3.30. The van der Waals surface area contributed by atoms with Gasteiger partial charge in [0.05, 0.1) is 0 Å². The summed E-state index contributed by atoms with van der Waals surface area (Å²) in [6, 6.07) is 0.651. The normalized spacial score (nSPS) is 21.4. The van der Waals surface area contributed by atoms with Crippen molar-refractivity contribution in [2.75, 3.05) is 12.3 Å². The van der Waals surface area contributed by atoms with Gasteiger partial charge in [-0.25, -0.2) is 0 Å². The average Bonchev–Trinajstić information content (AvgIpc) is 2.91. The van der Waals surface area contributed by atoms with Crippen LogP contribution in [0, 0.1) is 5.41 Å². The zero-order valence-corrected chi connectivity index (χ0v) is 11.8. The highest BCUT2D eigenvalue weighted by Gasteiger charge is 2.40. The first-order chi connectivity index (χ1) is 6.87. The van der Waals surface area contributed by atoms with Gasteiger partial charge in [0.25, 0.3) is 0 Å². The minimum absolute atomic E-state index is 0.401. The summed E-state index contributed by atoms with van der Waals surface area (Å²) < 4.78 is 0.401. The van der Waals surface area contributed by atoms with Gasteiger partial charge in [-0.05, 0) is 31.6 Å². The van der Waals surface area contributed by atoms with E-state index in [-0.39, 0.29) is 0 Å². The molecule has 1 nitrogen and oxygen atoms in total. The van der Waals surface area contributed by atoms with E-state index in [0.29, 0.717) is 16.2 Å². The Morgan fingerprint density at radius 1 is 1.33 bits per heavy atom. The largest absolute Gasteiger partial charge is 0.313 e. The molecule has 1 saturated carbocycles. The van der Waals surface area contributed by atoms with Gasteiger partial charge in [-0.3, -0.25) is 0 Å². The fourth-order valence-electron chi connectivity index (χ4n) is 1.66. The van der Waals surface area contributed by atoms with Crippen molar-refractivity contribution in [1.82, 2.24) is 5.32 Å². The molecule has 1 aliphatic rings. The maximum Gasteiger partial charge on any atom is 0.0130 e. The smallest absolute Gasteiger partial charge is 0.0130 e. The second-order valence-corrected chi connectivity index (χ2v) is 7.91. The predicted molar refractivity (Wildman–Crippen MR) is 71.6 cm³/mol. The van der Waals surface area contributed by atoms with Crippen molar-refractivity contribution < 1.29 is 0 Å². The highest BCUT2D eigenvalue weighted by Crippen LogP contribution is 2.47. The molecule has 2 heteroatoms. The fourth-order valence-corrected chi connectivity index (χ4v) is 2.52. The van der Waals surface area contributed by atoms with Crippen molar-refractivity contribution in [2.24, 2.45) is 5.41 Å². The lowest BCUT2D eigenvalue weighted by atomic mass is 10.0. The van der Waals surface area contributed by atoms with E-state index in [2.05, 4.69) is 51.7 Å². The lowest BCUT2D eigenvalue weighted by molar-refractivity contribution is 0.422. The monoisotopic (exact) mass is 229 g/mol. The third-order valence-corrected chi connectivity index (χ3v) is 4.83. The van der Waals surface area contributed by atoms with Gasteiger partial charge < -0.3 is 5.32 Å². The third kappa shape index (κ3) is 5.26. The first-order valence-electron chi connectivity index (χ1n) is 6.24. The molecule has 1 rings (SSSR count). The summed E-state index contributed by atoms with van der Waals surface area (Å²) >= 11 is 2.06.